The number of non-ortho nitro benzene ring substituents is 1. The highest BCUT2D eigenvalue weighted by molar-refractivity contribution is 5.95. The predicted molar refractivity (Wildman–Crippen MR) is 126 cm³/mol. The molecular weight excluding hydrogens is 474 g/mol. The number of allylic oxidation sites excluding steroid dienone is 1. The molecule has 0 aromatic heterocycles. The maximum absolute atomic E-state index is 12.3. The van der Waals surface area contributed by atoms with Crippen LogP contribution >= 0.6 is 0 Å². The molecule has 0 bridgehead atoms. The van der Waals surface area contributed by atoms with Gasteiger partial charge in [-0.3, -0.25) is 14.9 Å². The summed E-state index contributed by atoms with van der Waals surface area (Å²) in [6.07, 6.45) is 1.33. The van der Waals surface area contributed by atoms with Gasteiger partial charge >= 0.3 is 12.0 Å². The van der Waals surface area contributed by atoms with Gasteiger partial charge < -0.3 is 24.8 Å². The van der Waals surface area contributed by atoms with Crippen molar-refractivity contribution in [2.45, 2.75) is 13.0 Å². The molecule has 0 spiro atoms. The summed E-state index contributed by atoms with van der Waals surface area (Å²) in [4.78, 5) is 46.5. The zero-order valence-corrected chi connectivity index (χ0v) is 19.6. The van der Waals surface area contributed by atoms with Gasteiger partial charge in [-0.05, 0) is 42.3 Å². The van der Waals surface area contributed by atoms with Crippen LogP contribution in [0.5, 0.6) is 11.5 Å². The highest BCUT2D eigenvalue weighted by Gasteiger charge is 2.32. The Kier molecular flexibility index (Phi) is 8.18. The highest BCUT2D eigenvalue weighted by Crippen LogP contribution is 2.34. The number of rotatable bonds is 9. The van der Waals surface area contributed by atoms with E-state index < -0.39 is 28.9 Å². The number of ether oxygens (including phenoxy) is 3. The smallest absolute Gasteiger partial charge is 0.337 e. The topological polar surface area (TPSA) is 170 Å². The lowest BCUT2D eigenvalue weighted by Crippen LogP contribution is -2.45. The summed E-state index contributed by atoms with van der Waals surface area (Å²) in [5.41, 5.74) is 3.92. The third-order valence-corrected chi connectivity index (χ3v) is 5.06. The van der Waals surface area contributed by atoms with Crippen molar-refractivity contribution in [3.63, 3.8) is 0 Å². The van der Waals surface area contributed by atoms with Crippen molar-refractivity contribution in [1.29, 1.82) is 0 Å². The summed E-state index contributed by atoms with van der Waals surface area (Å²) < 4.78 is 15.7. The molecule has 0 radical (unpaired) electrons. The lowest BCUT2D eigenvalue weighted by Gasteiger charge is -2.28. The van der Waals surface area contributed by atoms with E-state index in [1.807, 2.05) is 0 Å². The molecule has 13 nitrogen and oxygen atoms in total. The summed E-state index contributed by atoms with van der Waals surface area (Å²) >= 11 is 0. The van der Waals surface area contributed by atoms with Crippen molar-refractivity contribution in [2.75, 3.05) is 20.8 Å². The van der Waals surface area contributed by atoms with Crippen LogP contribution in [-0.2, 0) is 14.3 Å². The molecule has 13 heteroatoms. The number of nitro groups is 1. The molecule has 3 rings (SSSR count). The van der Waals surface area contributed by atoms with Crippen LogP contribution in [0.15, 0.2) is 58.8 Å². The van der Waals surface area contributed by atoms with Crippen molar-refractivity contribution in [2.24, 2.45) is 5.10 Å². The molecule has 2 aromatic carbocycles. The number of nitrogens with zero attached hydrogens (tertiary/aromatic N) is 2. The predicted octanol–water partition coefficient (Wildman–Crippen LogP) is 1.93. The van der Waals surface area contributed by atoms with Crippen LogP contribution in [0.3, 0.4) is 0 Å². The second-order valence-corrected chi connectivity index (χ2v) is 7.40. The second kappa shape index (κ2) is 11.5. The largest absolute Gasteiger partial charge is 0.493 e. The molecule has 0 aliphatic carbocycles. The molecule has 1 aliphatic rings. The molecule has 1 atom stereocenters. The first-order chi connectivity index (χ1) is 17.2. The first-order valence-electron chi connectivity index (χ1n) is 10.5. The number of nitrogens with one attached hydrogen (secondary N) is 3. The number of carbonyl (C=O) groups is 3. The van der Waals surface area contributed by atoms with Gasteiger partial charge in [-0.15, -0.1) is 0 Å². The molecule has 3 N–H and O–H groups in total. The quantitative estimate of drug-likeness (QED) is 0.204. The standard InChI is InChI=1S/C23H23N5O8/c1-13-20(22(30)35-3)21(26-23(31)25-13)15-6-9-17(18(10-15)34-2)36-12-19(29)27-24-11-14-4-7-16(8-5-14)28(32)33/h4-11,21H,12H2,1-3H3,(H,27,29)(H2,25,26,31)/b24-11-/t21-/m0/s1. The number of carbonyl (C=O) groups excluding carboxylic acids is 3. The summed E-state index contributed by atoms with van der Waals surface area (Å²) in [7, 11) is 2.65. The Hall–Kier alpha value is -4.94. The number of urea groups is 1. The van der Waals surface area contributed by atoms with E-state index >= 15 is 0 Å². The number of amides is 3. The second-order valence-electron chi connectivity index (χ2n) is 7.40. The van der Waals surface area contributed by atoms with E-state index in [1.54, 1.807) is 25.1 Å². The van der Waals surface area contributed by atoms with Gasteiger partial charge in [-0.25, -0.2) is 15.0 Å². The summed E-state index contributed by atoms with van der Waals surface area (Å²) in [6, 6.07) is 9.10. The molecule has 0 saturated carbocycles. The van der Waals surface area contributed by atoms with E-state index in [0.29, 0.717) is 16.8 Å². The fourth-order valence-electron chi connectivity index (χ4n) is 3.34. The minimum Gasteiger partial charge on any atom is -0.493 e. The van der Waals surface area contributed by atoms with Crippen molar-refractivity contribution in [3.8, 4) is 11.5 Å². The van der Waals surface area contributed by atoms with Gasteiger partial charge in [0.1, 0.15) is 0 Å². The zero-order chi connectivity index (χ0) is 26.2. The Labute approximate surface area is 205 Å². The maximum atomic E-state index is 12.3. The summed E-state index contributed by atoms with van der Waals surface area (Å²) in [5, 5.41) is 19.7. The van der Waals surface area contributed by atoms with Crippen molar-refractivity contribution in [3.05, 3.63) is 75.0 Å². The van der Waals surface area contributed by atoms with E-state index in [-0.39, 0.29) is 29.4 Å². The van der Waals surface area contributed by atoms with E-state index in [0.717, 1.165) is 0 Å². The summed E-state index contributed by atoms with van der Waals surface area (Å²) in [5.74, 6) is -0.646. The molecule has 3 amide bonds. The Morgan fingerprint density at radius 2 is 1.89 bits per heavy atom. The monoisotopic (exact) mass is 497 g/mol. The third-order valence-electron chi connectivity index (χ3n) is 5.06. The fourth-order valence-corrected chi connectivity index (χ4v) is 3.34. The van der Waals surface area contributed by atoms with E-state index in [4.69, 9.17) is 14.2 Å². The Balaban J connectivity index is 1.65. The van der Waals surface area contributed by atoms with Crippen LogP contribution in [-0.4, -0.2) is 49.9 Å². The maximum Gasteiger partial charge on any atom is 0.337 e. The number of hydrogen-bond acceptors (Lipinski definition) is 9. The number of benzene rings is 2. The van der Waals surface area contributed by atoms with Gasteiger partial charge in [0.05, 0.1) is 37.0 Å². The molecule has 0 unspecified atom stereocenters. The summed E-state index contributed by atoms with van der Waals surface area (Å²) in [6.45, 7) is 1.21. The third kappa shape index (κ3) is 6.14. The first kappa shape index (κ1) is 25.7. The molecule has 1 heterocycles. The van der Waals surface area contributed by atoms with Crippen molar-refractivity contribution in [1.82, 2.24) is 16.1 Å². The molecule has 0 saturated heterocycles. The van der Waals surface area contributed by atoms with Crippen LogP contribution in [0.1, 0.15) is 24.1 Å². The number of methoxy groups -OCH3 is 2. The minimum absolute atomic E-state index is 0.0558. The molecule has 188 valence electrons. The fraction of sp³-hybridized carbons (Fsp3) is 0.217. The molecule has 0 fully saturated rings. The zero-order valence-electron chi connectivity index (χ0n) is 19.6. The van der Waals surface area contributed by atoms with Gasteiger partial charge in [0.2, 0.25) is 0 Å². The number of esters is 1. The van der Waals surface area contributed by atoms with E-state index in [9.17, 15) is 24.5 Å². The minimum atomic E-state index is -0.786. The molecular formula is C23H23N5O8. The van der Waals surface area contributed by atoms with Crippen molar-refractivity contribution >= 4 is 29.8 Å². The van der Waals surface area contributed by atoms with Crippen LogP contribution < -0.4 is 25.5 Å². The Bertz CT molecular complexity index is 1240. The Morgan fingerprint density at radius 3 is 2.53 bits per heavy atom. The van der Waals surface area contributed by atoms with Crippen LogP contribution in [0, 0.1) is 10.1 Å². The first-order valence-corrected chi connectivity index (χ1v) is 10.5. The van der Waals surface area contributed by atoms with Crippen LogP contribution in [0.25, 0.3) is 0 Å². The molecule has 36 heavy (non-hydrogen) atoms. The van der Waals surface area contributed by atoms with Gasteiger partial charge in [-0.1, -0.05) is 6.07 Å². The van der Waals surface area contributed by atoms with Gasteiger partial charge in [0, 0.05) is 17.8 Å². The van der Waals surface area contributed by atoms with Crippen molar-refractivity contribution < 1.29 is 33.5 Å². The lowest BCUT2D eigenvalue weighted by molar-refractivity contribution is -0.384. The molecule has 2 aromatic rings. The average molecular weight is 497 g/mol. The number of hydrazone groups is 1. The van der Waals surface area contributed by atoms with E-state index in [1.165, 1.54) is 44.7 Å². The van der Waals surface area contributed by atoms with Gasteiger partial charge in [0.15, 0.2) is 18.1 Å². The van der Waals surface area contributed by atoms with Crippen LogP contribution in [0.2, 0.25) is 0 Å². The molecule has 1 aliphatic heterocycles. The van der Waals surface area contributed by atoms with E-state index in [2.05, 4.69) is 21.2 Å². The highest BCUT2D eigenvalue weighted by atomic mass is 16.6. The SMILES string of the molecule is COC(=O)C1=C(C)NC(=O)N[C@H]1c1ccc(OCC(=O)N/N=C\c2ccc([N+](=O)[O-])cc2)c(OC)c1. The van der Waals surface area contributed by atoms with Crippen LogP contribution in [0.4, 0.5) is 10.5 Å². The normalized spacial score (nSPS) is 15.1. The average Bonchev–Trinajstić information content (AvgIpc) is 2.86. The number of nitro benzene ring substituents is 1. The van der Waals surface area contributed by atoms with Gasteiger partial charge in [-0.2, -0.15) is 5.10 Å². The lowest BCUT2D eigenvalue weighted by atomic mass is 9.95. The number of hydrogen-bond donors (Lipinski definition) is 3. The van der Waals surface area contributed by atoms with Gasteiger partial charge in [0.25, 0.3) is 11.6 Å². The Morgan fingerprint density at radius 1 is 1.17 bits per heavy atom.